The van der Waals surface area contributed by atoms with Crippen molar-refractivity contribution in [3.63, 3.8) is 0 Å². The van der Waals surface area contributed by atoms with Gasteiger partial charge in [0.2, 0.25) is 0 Å². The first-order valence-corrected chi connectivity index (χ1v) is 5.06. The topological polar surface area (TPSA) is 46.5 Å². The van der Waals surface area contributed by atoms with Crippen molar-refractivity contribution in [2.24, 2.45) is 0 Å². The zero-order valence-electron chi connectivity index (χ0n) is 9.88. The maximum absolute atomic E-state index is 13.9. The SMILES string of the molecule is CC(C)(C)c1ccc(F)c(OCC(=O)O)c1F. The van der Waals surface area contributed by atoms with Crippen LogP contribution in [0.15, 0.2) is 12.1 Å². The van der Waals surface area contributed by atoms with Gasteiger partial charge < -0.3 is 9.84 Å². The maximum Gasteiger partial charge on any atom is 0.341 e. The van der Waals surface area contributed by atoms with Gasteiger partial charge >= 0.3 is 5.97 Å². The minimum absolute atomic E-state index is 0.277. The molecule has 0 aliphatic carbocycles. The van der Waals surface area contributed by atoms with Crippen LogP contribution in [0.1, 0.15) is 26.3 Å². The Labute approximate surface area is 98.0 Å². The Morgan fingerprint density at radius 1 is 1.35 bits per heavy atom. The van der Waals surface area contributed by atoms with Gasteiger partial charge in [0.05, 0.1) is 0 Å². The molecule has 1 N–H and O–H groups in total. The molecule has 0 radical (unpaired) electrons. The molecule has 1 aromatic rings. The Kier molecular flexibility index (Phi) is 3.70. The highest BCUT2D eigenvalue weighted by Gasteiger charge is 2.24. The van der Waals surface area contributed by atoms with Gasteiger partial charge in [-0.25, -0.2) is 13.6 Å². The standard InChI is InChI=1S/C12H14F2O3/c1-12(2,3)7-4-5-8(13)11(10(7)14)17-6-9(15)16/h4-5H,6H2,1-3H3,(H,15,16). The van der Waals surface area contributed by atoms with Crippen LogP contribution >= 0.6 is 0 Å². The van der Waals surface area contributed by atoms with E-state index < -0.39 is 35.4 Å². The maximum atomic E-state index is 13.9. The average Bonchev–Trinajstić information content (AvgIpc) is 2.14. The number of carboxylic acid groups (broad SMARTS) is 1. The van der Waals surface area contributed by atoms with Crippen molar-refractivity contribution >= 4 is 5.97 Å². The first-order valence-electron chi connectivity index (χ1n) is 5.06. The Bertz CT molecular complexity index is 436. The van der Waals surface area contributed by atoms with Crippen molar-refractivity contribution in [1.29, 1.82) is 0 Å². The quantitative estimate of drug-likeness (QED) is 0.889. The summed E-state index contributed by atoms with van der Waals surface area (Å²) in [6.07, 6.45) is 0. The third-order valence-corrected chi connectivity index (χ3v) is 2.20. The largest absolute Gasteiger partial charge is 0.479 e. The molecule has 0 fully saturated rings. The summed E-state index contributed by atoms with van der Waals surface area (Å²) in [5.74, 6) is -3.68. The zero-order valence-corrected chi connectivity index (χ0v) is 9.88. The number of hydrogen-bond acceptors (Lipinski definition) is 2. The Morgan fingerprint density at radius 3 is 2.41 bits per heavy atom. The van der Waals surface area contributed by atoms with Gasteiger partial charge in [-0.1, -0.05) is 26.8 Å². The van der Waals surface area contributed by atoms with Crippen LogP contribution in [0, 0.1) is 11.6 Å². The second-order valence-corrected chi connectivity index (χ2v) is 4.67. The van der Waals surface area contributed by atoms with Gasteiger partial charge in [0, 0.05) is 0 Å². The van der Waals surface area contributed by atoms with Crippen molar-refractivity contribution in [3.05, 3.63) is 29.3 Å². The van der Waals surface area contributed by atoms with E-state index in [0.29, 0.717) is 0 Å². The molecule has 0 spiro atoms. The molecule has 1 aromatic carbocycles. The van der Waals surface area contributed by atoms with E-state index in [1.165, 1.54) is 6.07 Å². The lowest BCUT2D eigenvalue weighted by Gasteiger charge is -2.21. The normalized spacial score (nSPS) is 11.4. The van der Waals surface area contributed by atoms with E-state index >= 15 is 0 Å². The molecule has 0 amide bonds. The van der Waals surface area contributed by atoms with Crippen LogP contribution in [0.2, 0.25) is 0 Å². The van der Waals surface area contributed by atoms with Crippen molar-refractivity contribution in [1.82, 2.24) is 0 Å². The van der Waals surface area contributed by atoms with E-state index in [9.17, 15) is 13.6 Å². The molecule has 0 unspecified atom stereocenters. The molecule has 0 aliphatic rings. The summed E-state index contributed by atoms with van der Waals surface area (Å²) in [5, 5.41) is 8.42. The summed E-state index contributed by atoms with van der Waals surface area (Å²) in [5.41, 5.74) is -0.238. The number of carboxylic acids is 1. The highest BCUT2D eigenvalue weighted by atomic mass is 19.1. The molecule has 1 rings (SSSR count). The van der Waals surface area contributed by atoms with Crippen LogP contribution in [0.4, 0.5) is 8.78 Å². The molecule has 0 heterocycles. The molecule has 3 nitrogen and oxygen atoms in total. The molecular formula is C12H14F2O3. The Hall–Kier alpha value is -1.65. The lowest BCUT2D eigenvalue weighted by molar-refractivity contribution is -0.139. The second kappa shape index (κ2) is 4.69. The molecule has 0 aromatic heterocycles. The van der Waals surface area contributed by atoms with E-state index in [2.05, 4.69) is 4.74 Å². The fourth-order valence-corrected chi connectivity index (χ4v) is 1.38. The van der Waals surface area contributed by atoms with Crippen LogP contribution in [0.5, 0.6) is 5.75 Å². The molecule has 0 saturated carbocycles. The Morgan fingerprint density at radius 2 is 1.94 bits per heavy atom. The first kappa shape index (κ1) is 13.4. The second-order valence-electron chi connectivity index (χ2n) is 4.67. The van der Waals surface area contributed by atoms with Crippen molar-refractivity contribution in [3.8, 4) is 5.75 Å². The minimum atomic E-state index is -1.29. The molecule has 17 heavy (non-hydrogen) atoms. The number of rotatable bonds is 3. The molecule has 0 saturated heterocycles. The summed E-state index contributed by atoms with van der Waals surface area (Å²) in [6.45, 7) is 4.53. The molecule has 5 heteroatoms. The molecule has 0 bridgehead atoms. The number of ether oxygens (including phenoxy) is 1. The van der Waals surface area contributed by atoms with E-state index in [1.54, 1.807) is 20.8 Å². The smallest absolute Gasteiger partial charge is 0.341 e. The van der Waals surface area contributed by atoms with Gasteiger partial charge in [0.1, 0.15) is 0 Å². The fourth-order valence-electron chi connectivity index (χ4n) is 1.38. The van der Waals surface area contributed by atoms with E-state index in [4.69, 9.17) is 5.11 Å². The lowest BCUT2D eigenvalue weighted by atomic mass is 9.86. The number of halogens is 2. The van der Waals surface area contributed by atoms with Gasteiger partial charge in [-0.3, -0.25) is 0 Å². The fraction of sp³-hybridized carbons (Fsp3) is 0.417. The predicted octanol–water partition coefficient (Wildman–Crippen LogP) is 2.73. The third-order valence-electron chi connectivity index (χ3n) is 2.20. The average molecular weight is 244 g/mol. The minimum Gasteiger partial charge on any atom is -0.479 e. The number of carbonyl (C=O) groups is 1. The van der Waals surface area contributed by atoms with E-state index in [0.717, 1.165) is 6.07 Å². The van der Waals surface area contributed by atoms with Crippen LogP contribution < -0.4 is 4.74 Å². The van der Waals surface area contributed by atoms with Gasteiger partial charge in [0.15, 0.2) is 24.0 Å². The van der Waals surface area contributed by atoms with Gasteiger partial charge in [-0.15, -0.1) is 0 Å². The summed E-state index contributed by atoms with van der Waals surface area (Å²) in [6, 6.07) is 2.40. The third kappa shape index (κ3) is 3.15. The highest BCUT2D eigenvalue weighted by molar-refractivity contribution is 5.68. The zero-order chi connectivity index (χ0) is 13.2. The van der Waals surface area contributed by atoms with Gasteiger partial charge in [-0.2, -0.15) is 0 Å². The molecular weight excluding hydrogens is 230 g/mol. The first-order chi connectivity index (χ1) is 7.73. The van der Waals surface area contributed by atoms with E-state index in [-0.39, 0.29) is 5.56 Å². The summed E-state index contributed by atoms with van der Waals surface area (Å²) >= 11 is 0. The van der Waals surface area contributed by atoms with Gasteiger partial charge in [-0.05, 0) is 17.0 Å². The van der Waals surface area contributed by atoms with Crippen molar-refractivity contribution in [2.75, 3.05) is 6.61 Å². The summed E-state index contributed by atoms with van der Waals surface area (Å²) in [4.78, 5) is 10.3. The molecule has 0 atom stereocenters. The summed E-state index contributed by atoms with van der Waals surface area (Å²) < 4.78 is 31.8. The van der Waals surface area contributed by atoms with Gasteiger partial charge in [0.25, 0.3) is 0 Å². The van der Waals surface area contributed by atoms with Crippen LogP contribution in [0.25, 0.3) is 0 Å². The number of benzene rings is 1. The number of aliphatic carboxylic acids is 1. The Balaban J connectivity index is 3.16. The number of hydrogen-bond donors (Lipinski definition) is 1. The van der Waals surface area contributed by atoms with Crippen molar-refractivity contribution < 1.29 is 23.4 Å². The predicted molar refractivity (Wildman–Crippen MR) is 58.2 cm³/mol. The van der Waals surface area contributed by atoms with Crippen LogP contribution in [-0.2, 0) is 10.2 Å². The highest BCUT2D eigenvalue weighted by Crippen LogP contribution is 2.32. The monoisotopic (exact) mass is 244 g/mol. The summed E-state index contributed by atoms with van der Waals surface area (Å²) in [7, 11) is 0. The van der Waals surface area contributed by atoms with Crippen LogP contribution in [-0.4, -0.2) is 17.7 Å². The van der Waals surface area contributed by atoms with Crippen LogP contribution in [0.3, 0.4) is 0 Å². The van der Waals surface area contributed by atoms with E-state index in [1.807, 2.05) is 0 Å². The molecule has 94 valence electrons. The van der Waals surface area contributed by atoms with Crippen molar-refractivity contribution in [2.45, 2.75) is 26.2 Å². The lowest BCUT2D eigenvalue weighted by Crippen LogP contribution is -2.17. The molecule has 0 aliphatic heterocycles.